The maximum absolute atomic E-state index is 8.95. The lowest BCUT2D eigenvalue weighted by Gasteiger charge is -2.39. The highest BCUT2D eigenvalue weighted by Crippen LogP contribution is 2.32. The normalized spacial score (nSPS) is 14.2. The molecule has 0 bridgehead atoms. The first-order chi connectivity index (χ1) is 4.69. The average molecular weight is 159 g/mol. The molecule has 2 nitrogen and oxygen atoms in total. The van der Waals surface area contributed by atoms with Crippen molar-refractivity contribution in [3.05, 3.63) is 0 Å². The summed E-state index contributed by atoms with van der Waals surface area (Å²) in [6.45, 7) is 12.7. The molecule has 0 aromatic carbocycles. The number of hydroxylamine groups is 1. The van der Waals surface area contributed by atoms with Crippen LogP contribution in [0.1, 0.15) is 41.5 Å². The first kappa shape index (κ1) is 10.9. The van der Waals surface area contributed by atoms with Crippen LogP contribution in [0.25, 0.3) is 0 Å². The fourth-order valence-corrected chi connectivity index (χ4v) is 1.69. The molecule has 0 fully saturated rings. The molecule has 0 atom stereocenters. The molecule has 0 aliphatic rings. The quantitative estimate of drug-likeness (QED) is 0.576. The van der Waals surface area contributed by atoms with Gasteiger partial charge in [0.25, 0.3) is 0 Å². The van der Waals surface area contributed by atoms with E-state index in [1.165, 1.54) is 0 Å². The maximum Gasteiger partial charge on any atom is 0.0416 e. The zero-order valence-corrected chi connectivity index (χ0v) is 8.52. The van der Waals surface area contributed by atoms with Crippen LogP contribution in [0.5, 0.6) is 0 Å². The molecule has 0 aliphatic carbocycles. The van der Waals surface area contributed by atoms with Crippen molar-refractivity contribution in [2.24, 2.45) is 10.8 Å². The van der Waals surface area contributed by atoms with Crippen molar-refractivity contribution >= 4 is 0 Å². The molecule has 0 heterocycles. The molecule has 0 aromatic rings. The van der Waals surface area contributed by atoms with Crippen LogP contribution >= 0.6 is 0 Å². The van der Waals surface area contributed by atoms with E-state index < -0.39 is 0 Å². The first-order valence-electron chi connectivity index (χ1n) is 4.09. The smallest absolute Gasteiger partial charge is 0.0416 e. The van der Waals surface area contributed by atoms with Gasteiger partial charge in [0, 0.05) is 6.04 Å². The molecule has 0 saturated heterocycles. The molecular weight excluding hydrogens is 138 g/mol. The van der Waals surface area contributed by atoms with E-state index in [0.717, 1.165) is 0 Å². The monoisotopic (exact) mass is 159 g/mol. The molecule has 0 spiro atoms. The SMILES string of the molecule is CC(C)(C)C(NO)C(C)(C)C. The highest BCUT2D eigenvalue weighted by Gasteiger charge is 2.34. The molecule has 2 heteroatoms. The van der Waals surface area contributed by atoms with Gasteiger partial charge in [0.15, 0.2) is 0 Å². The molecule has 0 aromatic heterocycles. The Morgan fingerprint density at radius 1 is 0.909 bits per heavy atom. The molecule has 0 radical (unpaired) electrons. The third kappa shape index (κ3) is 3.21. The summed E-state index contributed by atoms with van der Waals surface area (Å²) in [6.07, 6.45) is 0. The largest absolute Gasteiger partial charge is 0.317 e. The molecule has 2 N–H and O–H groups in total. The summed E-state index contributed by atoms with van der Waals surface area (Å²) in [5, 5.41) is 8.95. The van der Waals surface area contributed by atoms with Gasteiger partial charge in [0.1, 0.15) is 0 Å². The summed E-state index contributed by atoms with van der Waals surface area (Å²) in [5.41, 5.74) is 2.56. The van der Waals surface area contributed by atoms with E-state index in [9.17, 15) is 0 Å². The number of hydrogen-bond acceptors (Lipinski definition) is 2. The van der Waals surface area contributed by atoms with Crippen LogP contribution in [0.3, 0.4) is 0 Å². The molecule has 0 aliphatic heterocycles. The predicted octanol–water partition coefficient (Wildman–Crippen LogP) is 2.43. The zero-order chi connectivity index (χ0) is 9.28. The van der Waals surface area contributed by atoms with Gasteiger partial charge in [-0.3, -0.25) is 0 Å². The maximum atomic E-state index is 8.95. The van der Waals surface area contributed by atoms with Crippen LogP contribution in [-0.2, 0) is 0 Å². The van der Waals surface area contributed by atoms with E-state index in [1.54, 1.807) is 0 Å². The van der Waals surface area contributed by atoms with Crippen molar-refractivity contribution in [1.82, 2.24) is 5.48 Å². The Morgan fingerprint density at radius 2 is 1.18 bits per heavy atom. The highest BCUT2D eigenvalue weighted by atomic mass is 16.5. The summed E-state index contributed by atoms with van der Waals surface area (Å²) in [7, 11) is 0. The Labute approximate surface area is 70.0 Å². The van der Waals surface area contributed by atoms with Gasteiger partial charge in [-0.2, -0.15) is 0 Å². The Hall–Kier alpha value is -0.0800. The summed E-state index contributed by atoms with van der Waals surface area (Å²) in [6, 6.07) is 0.120. The van der Waals surface area contributed by atoms with Crippen molar-refractivity contribution in [3.8, 4) is 0 Å². The van der Waals surface area contributed by atoms with Gasteiger partial charge in [-0.1, -0.05) is 41.5 Å². The van der Waals surface area contributed by atoms with Crippen LogP contribution in [0.4, 0.5) is 0 Å². The predicted molar refractivity (Wildman–Crippen MR) is 47.6 cm³/mol. The summed E-state index contributed by atoms with van der Waals surface area (Å²) >= 11 is 0. The van der Waals surface area contributed by atoms with Crippen LogP contribution in [0.15, 0.2) is 0 Å². The van der Waals surface area contributed by atoms with Gasteiger partial charge in [-0.15, -0.1) is 0 Å². The average Bonchev–Trinajstić information content (AvgIpc) is 1.56. The fourth-order valence-electron chi connectivity index (χ4n) is 1.69. The molecule has 0 saturated carbocycles. The number of rotatable bonds is 1. The molecule has 11 heavy (non-hydrogen) atoms. The van der Waals surface area contributed by atoms with Crippen LogP contribution in [0, 0.1) is 10.8 Å². The van der Waals surface area contributed by atoms with Crippen molar-refractivity contribution in [2.75, 3.05) is 0 Å². The number of nitrogens with one attached hydrogen (secondary N) is 1. The third-order valence-electron chi connectivity index (χ3n) is 1.86. The second kappa shape index (κ2) is 3.11. The van der Waals surface area contributed by atoms with Crippen LogP contribution in [0.2, 0.25) is 0 Å². The van der Waals surface area contributed by atoms with Gasteiger partial charge in [-0.25, -0.2) is 5.48 Å². The second-order valence-corrected chi connectivity index (χ2v) is 5.29. The second-order valence-electron chi connectivity index (χ2n) is 5.29. The fraction of sp³-hybridized carbons (Fsp3) is 1.00. The highest BCUT2D eigenvalue weighted by molar-refractivity contribution is 4.87. The number of hydrogen-bond donors (Lipinski definition) is 2. The molecule has 0 rings (SSSR count). The van der Waals surface area contributed by atoms with E-state index >= 15 is 0 Å². The van der Waals surface area contributed by atoms with Crippen molar-refractivity contribution in [3.63, 3.8) is 0 Å². The van der Waals surface area contributed by atoms with Gasteiger partial charge < -0.3 is 5.21 Å². The van der Waals surface area contributed by atoms with E-state index in [1.807, 2.05) is 0 Å². The minimum Gasteiger partial charge on any atom is -0.317 e. The first-order valence-corrected chi connectivity index (χ1v) is 4.09. The van der Waals surface area contributed by atoms with Crippen LogP contribution < -0.4 is 5.48 Å². The summed E-state index contributed by atoms with van der Waals surface area (Å²) in [4.78, 5) is 0. The van der Waals surface area contributed by atoms with E-state index in [2.05, 4.69) is 47.0 Å². The Morgan fingerprint density at radius 3 is 1.18 bits per heavy atom. The van der Waals surface area contributed by atoms with E-state index in [4.69, 9.17) is 5.21 Å². The molecule has 0 unspecified atom stereocenters. The molecular formula is C9H21NO. The van der Waals surface area contributed by atoms with Crippen molar-refractivity contribution in [2.45, 2.75) is 47.6 Å². The Kier molecular flexibility index (Phi) is 3.09. The van der Waals surface area contributed by atoms with E-state index in [-0.39, 0.29) is 16.9 Å². The van der Waals surface area contributed by atoms with Gasteiger partial charge in [0.2, 0.25) is 0 Å². The van der Waals surface area contributed by atoms with Gasteiger partial charge in [0.05, 0.1) is 0 Å². The minimum atomic E-state index is 0.0903. The van der Waals surface area contributed by atoms with Crippen molar-refractivity contribution < 1.29 is 5.21 Å². The zero-order valence-electron chi connectivity index (χ0n) is 8.52. The lowest BCUT2D eigenvalue weighted by atomic mass is 9.72. The molecule has 0 amide bonds. The summed E-state index contributed by atoms with van der Waals surface area (Å²) in [5.74, 6) is 0. The lowest BCUT2D eigenvalue weighted by molar-refractivity contribution is 0.0132. The topological polar surface area (TPSA) is 32.3 Å². The molecule has 68 valence electrons. The van der Waals surface area contributed by atoms with Crippen LogP contribution in [-0.4, -0.2) is 11.2 Å². The minimum absolute atomic E-state index is 0.0903. The van der Waals surface area contributed by atoms with Gasteiger partial charge >= 0.3 is 0 Å². The standard InChI is InChI=1S/C9H21NO/c1-8(2,3)7(10-11)9(4,5)6/h7,10-11H,1-6H3. The van der Waals surface area contributed by atoms with Gasteiger partial charge in [-0.05, 0) is 10.8 Å². The Bertz CT molecular complexity index is 105. The summed E-state index contributed by atoms with van der Waals surface area (Å²) < 4.78 is 0. The third-order valence-corrected chi connectivity index (χ3v) is 1.86. The van der Waals surface area contributed by atoms with Crippen molar-refractivity contribution in [1.29, 1.82) is 0 Å². The lowest BCUT2D eigenvalue weighted by Crippen LogP contribution is -2.47. The Balaban J connectivity index is 4.43. The van der Waals surface area contributed by atoms with E-state index in [0.29, 0.717) is 0 Å².